The van der Waals surface area contributed by atoms with Gasteiger partial charge in [0.25, 0.3) is 0 Å². The van der Waals surface area contributed by atoms with Gasteiger partial charge in [-0.3, -0.25) is 9.69 Å². The average molecular weight is 250 g/mol. The van der Waals surface area contributed by atoms with Crippen LogP contribution in [0.5, 0.6) is 0 Å². The summed E-state index contributed by atoms with van der Waals surface area (Å²) in [7, 11) is 1.85. The largest absolute Gasteiger partial charge is 0.472 e. The second-order valence-corrected chi connectivity index (χ2v) is 5.31. The van der Waals surface area contributed by atoms with Crippen molar-refractivity contribution in [2.45, 2.75) is 18.6 Å². The van der Waals surface area contributed by atoms with E-state index in [-0.39, 0.29) is 18.1 Å². The number of hydrogen-bond donors (Lipinski definition) is 0. The molecule has 98 valence electrons. The number of carbonyl (C=O) groups is 1. The van der Waals surface area contributed by atoms with E-state index in [9.17, 15) is 4.79 Å². The molecule has 0 unspecified atom stereocenters. The Labute approximate surface area is 106 Å². The van der Waals surface area contributed by atoms with Crippen molar-refractivity contribution in [3.8, 4) is 0 Å². The highest BCUT2D eigenvalue weighted by Crippen LogP contribution is 2.30. The highest BCUT2D eigenvalue weighted by Gasteiger charge is 2.43. The fraction of sp³-hybridized carbons (Fsp3) is 0.615. The summed E-state index contributed by atoms with van der Waals surface area (Å²) in [6, 6.07) is 1.99. The molecule has 0 aliphatic carbocycles. The number of likely N-dealkylation sites (tertiary alicyclic amines) is 1. The number of carbonyl (C=O) groups excluding carboxylic acids is 1. The Kier molecular flexibility index (Phi) is 2.87. The van der Waals surface area contributed by atoms with E-state index in [0.29, 0.717) is 6.54 Å². The average Bonchev–Trinajstić information content (AvgIpc) is 2.96. The third kappa shape index (κ3) is 2.15. The standard InChI is InChI=1S/C13H18N2O3/c1-14-9-13(18-8-12(14)16)3-4-15(10-13)6-11-2-5-17-7-11/h2,5,7H,3-4,6,8-10H2,1H3/t13-/m0/s1. The van der Waals surface area contributed by atoms with Crippen LogP contribution in [0.2, 0.25) is 0 Å². The zero-order chi connectivity index (χ0) is 12.6. The molecule has 1 aromatic heterocycles. The van der Waals surface area contributed by atoms with E-state index < -0.39 is 0 Å². The van der Waals surface area contributed by atoms with Gasteiger partial charge in [-0.05, 0) is 12.5 Å². The van der Waals surface area contributed by atoms with Crippen molar-refractivity contribution in [2.24, 2.45) is 0 Å². The number of morpholine rings is 1. The summed E-state index contributed by atoms with van der Waals surface area (Å²) < 4.78 is 10.9. The van der Waals surface area contributed by atoms with Gasteiger partial charge in [0.15, 0.2) is 0 Å². The van der Waals surface area contributed by atoms with Crippen LogP contribution in [0.25, 0.3) is 0 Å². The molecule has 3 heterocycles. The zero-order valence-corrected chi connectivity index (χ0v) is 10.6. The fourth-order valence-corrected chi connectivity index (χ4v) is 2.84. The van der Waals surface area contributed by atoms with Crippen LogP contribution >= 0.6 is 0 Å². The van der Waals surface area contributed by atoms with Crippen LogP contribution in [0.1, 0.15) is 12.0 Å². The Hall–Kier alpha value is -1.33. The lowest BCUT2D eigenvalue weighted by molar-refractivity contribution is -0.159. The molecule has 0 aromatic carbocycles. The van der Waals surface area contributed by atoms with Crippen molar-refractivity contribution >= 4 is 5.91 Å². The molecule has 0 radical (unpaired) electrons. The molecule has 2 fully saturated rings. The Balaban J connectivity index is 1.62. The van der Waals surface area contributed by atoms with E-state index in [1.165, 1.54) is 5.56 Å². The van der Waals surface area contributed by atoms with Crippen LogP contribution in [0.15, 0.2) is 23.0 Å². The maximum Gasteiger partial charge on any atom is 0.248 e. The predicted octanol–water partition coefficient (Wildman–Crippen LogP) is 0.713. The van der Waals surface area contributed by atoms with Gasteiger partial charge in [-0.1, -0.05) is 0 Å². The lowest BCUT2D eigenvalue weighted by Crippen LogP contribution is -2.54. The molecule has 2 aliphatic heterocycles. The molecule has 0 bridgehead atoms. The Morgan fingerprint density at radius 3 is 3.06 bits per heavy atom. The second-order valence-electron chi connectivity index (χ2n) is 5.31. The predicted molar refractivity (Wildman–Crippen MR) is 64.9 cm³/mol. The monoisotopic (exact) mass is 250 g/mol. The van der Waals surface area contributed by atoms with Gasteiger partial charge in [-0.2, -0.15) is 0 Å². The first-order chi connectivity index (χ1) is 8.67. The molecule has 1 spiro atoms. The highest BCUT2D eigenvalue weighted by molar-refractivity contribution is 5.78. The summed E-state index contributed by atoms with van der Waals surface area (Å²) in [6.07, 6.45) is 4.47. The van der Waals surface area contributed by atoms with Gasteiger partial charge in [0.05, 0.1) is 19.1 Å². The zero-order valence-electron chi connectivity index (χ0n) is 10.6. The molecule has 5 heteroatoms. The molecule has 0 N–H and O–H groups in total. The number of nitrogens with zero attached hydrogens (tertiary/aromatic N) is 2. The molecular weight excluding hydrogens is 232 g/mol. The van der Waals surface area contributed by atoms with Crippen molar-refractivity contribution in [1.29, 1.82) is 0 Å². The number of rotatable bonds is 2. The normalized spacial score (nSPS) is 29.4. The molecule has 1 amide bonds. The van der Waals surface area contributed by atoms with Crippen molar-refractivity contribution in [3.63, 3.8) is 0 Å². The first-order valence-corrected chi connectivity index (χ1v) is 6.28. The van der Waals surface area contributed by atoms with Crippen LogP contribution in [0.3, 0.4) is 0 Å². The highest BCUT2D eigenvalue weighted by atomic mass is 16.5. The SMILES string of the molecule is CN1C[C@]2(CCN(Cc3ccoc3)C2)OCC1=O. The Morgan fingerprint density at radius 1 is 1.44 bits per heavy atom. The topological polar surface area (TPSA) is 45.9 Å². The first-order valence-electron chi connectivity index (χ1n) is 6.28. The molecule has 1 atom stereocenters. The molecule has 3 rings (SSSR count). The minimum absolute atomic E-state index is 0.0777. The maximum atomic E-state index is 11.4. The van der Waals surface area contributed by atoms with Crippen LogP contribution in [0, 0.1) is 0 Å². The van der Waals surface area contributed by atoms with E-state index in [1.54, 1.807) is 17.4 Å². The molecule has 1 aromatic rings. The maximum absolute atomic E-state index is 11.4. The van der Waals surface area contributed by atoms with Crippen LogP contribution in [-0.2, 0) is 16.1 Å². The number of hydrogen-bond acceptors (Lipinski definition) is 4. The number of amides is 1. The summed E-state index contributed by atoms with van der Waals surface area (Å²) in [6.45, 7) is 3.70. The quantitative estimate of drug-likeness (QED) is 0.775. The number of ether oxygens (including phenoxy) is 1. The number of furan rings is 1. The van der Waals surface area contributed by atoms with E-state index in [0.717, 1.165) is 26.1 Å². The van der Waals surface area contributed by atoms with Gasteiger partial charge in [0.1, 0.15) is 12.2 Å². The summed E-state index contributed by atoms with van der Waals surface area (Å²) >= 11 is 0. The summed E-state index contributed by atoms with van der Waals surface area (Å²) in [4.78, 5) is 15.6. The molecular formula is C13H18N2O3. The smallest absolute Gasteiger partial charge is 0.248 e. The molecule has 0 saturated carbocycles. The second kappa shape index (κ2) is 4.40. The number of likely N-dealkylation sites (N-methyl/N-ethyl adjacent to an activating group) is 1. The molecule has 2 aliphatic rings. The third-order valence-electron chi connectivity index (χ3n) is 3.83. The summed E-state index contributed by atoms with van der Waals surface area (Å²) in [5.74, 6) is 0.0777. The van der Waals surface area contributed by atoms with Gasteiger partial charge in [0.2, 0.25) is 5.91 Å². The van der Waals surface area contributed by atoms with Gasteiger partial charge < -0.3 is 14.1 Å². The molecule has 5 nitrogen and oxygen atoms in total. The van der Waals surface area contributed by atoms with Gasteiger partial charge >= 0.3 is 0 Å². The van der Waals surface area contributed by atoms with E-state index >= 15 is 0 Å². The lowest BCUT2D eigenvalue weighted by atomic mass is 10.0. The van der Waals surface area contributed by atoms with E-state index in [2.05, 4.69) is 4.90 Å². The summed E-state index contributed by atoms with van der Waals surface area (Å²) in [5, 5.41) is 0. The molecule has 2 saturated heterocycles. The minimum Gasteiger partial charge on any atom is -0.472 e. The van der Waals surface area contributed by atoms with Gasteiger partial charge in [-0.15, -0.1) is 0 Å². The van der Waals surface area contributed by atoms with Crippen molar-refractivity contribution in [2.75, 3.05) is 33.3 Å². The summed E-state index contributed by atoms with van der Waals surface area (Å²) in [5.41, 5.74) is 1.03. The third-order valence-corrected chi connectivity index (χ3v) is 3.83. The van der Waals surface area contributed by atoms with Gasteiger partial charge in [0, 0.05) is 32.2 Å². The fourth-order valence-electron chi connectivity index (χ4n) is 2.84. The Morgan fingerprint density at radius 2 is 2.33 bits per heavy atom. The van der Waals surface area contributed by atoms with Crippen LogP contribution in [-0.4, -0.2) is 54.6 Å². The van der Waals surface area contributed by atoms with Crippen LogP contribution < -0.4 is 0 Å². The van der Waals surface area contributed by atoms with Crippen molar-refractivity contribution < 1.29 is 13.9 Å². The van der Waals surface area contributed by atoms with Crippen LogP contribution in [0.4, 0.5) is 0 Å². The minimum atomic E-state index is -0.160. The van der Waals surface area contributed by atoms with E-state index in [4.69, 9.17) is 9.15 Å². The van der Waals surface area contributed by atoms with Crippen molar-refractivity contribution in [3.05, 3.63) is 24.2 Å². The first kappa shape index (κ1) is 11.7. The van der Waals surface area contributed by atoms with Crippen molar-refractivity contribution in [1.82, 2.24) is 9.80 Å². The molecule has 18 heavy (non-hydrogen) atoms. The lowest BCUT2D eigenvalue weighted by Gasteiger charge is -2.38. The van der Waals surface area contributed by atoms with Gasteiger partial charge in [-0.25, -0.2) is 0 Å². The Bertz CT molecular complexity index is 431. The van der Waals surface area contributed by atoms with E-state index in [1.807, 2.05) is 13.1 Å².